The quantitative estimate of drug-likeness (QED) is 0.890. The zero-order valence-corrected chi connectivity index (χ0v) is 12.4. The Morgan fingerprint density at radius 1 is 1.32 bits per heavy atom. The molecule has 114 valence electrons. The van der Waals surface area contributed by atoms with Crippen LogP contribution in [0, 0.1) is 5.92 Å². The minimum Gasteiger partial charge on any atom is -0.493 e. The standard InChI is InChI=1S/C17H18N2O3/c1-21-15-7-6-13(9-16(15)22-11-12-4-5-12)17(20)19-14-3-2-8-18-10-14/h2-3,6-10,12H,4-5,11H2,1H3,(H,19,20). The Morgan fingerprint density at radius 2 is 2.18 bits per heavy atom. The number of methoxy groups -OCH3 is 1. The molecule has 1 heterocycles. The lowest BCUT2D eigenvalue weighted by molar-refractivity contribution is 0.102. The number of ether oxygens (including phenoxy) is 2. The Hall–Kier alpha value is -2.56. The van der Waals surface area contributed by atoms with Gasteiger partial charge in [0.2, 0.25) is 0 Å². The second-order valence-electron chi connectivity index (χ2n) is 5.32. The number of pyridine rings is 1. The van der Waals surface area contributed by atoms with E-state index in [2.05, 4.69) is 10.3 Å². The summed E-state index contributed by atoms with van der Waals surface area (Å²) in [5.74, 6) is 1.68. The minimum atomic E-state index is -0.202. The largest absolute Gasteiger partial charge is 0.493 e. The van der Waals surface area contributed by atoms with Crippen molar-refractivity contribution in [2.24, 2.45) is 5.92 Å². The lowest BCUT2D eigenvalue weighted by Gasteiger charge is -2.12. The van der Waals surface area contributed by atoms with Crippen LogP contribution in [0.2, 0.25) is 0 Å². The molecular weight excluding hydrogens is 280 g/mol. The number of aromatic nitrogens is 1. The molecule has 0 saturated heterocycles. The highest BCUT2D eigenvalue weighted by molar-refractivity contribution is 6.04. The molecule has 1 N–H and O–H groups in total. The molecular formula is C17H18N2O3. The predicted octanol–water partition coefficient (Wildman–Crippen LogP) is 3.13. The lowest BCUT2D eigenvalue weighted by atomic mass is 10.2. The summed E-state index contributed by atoms with van der Waals surface area (Å²) in [5.41, 5.74) is 1.18. The van der Waals surface area contributed by atoms with Crippen molar-refractivity contribution in [2.45, 2.75) is 12.8 Å². The summed E-state index contributed by atoms with van der Waals surface area (Å²) in [5, 5.41) is 2.80. The van der Waals surface area contributed by atoms with E-state index >= 15 is 0 Å². The van der Waals surface area contributed by atoms with Crippen molar-refractivity contribution < 1.29 is 14.3 Å². The predicted molar refractivity (Wildman–Crippen MR) is 83.4 cm³/mol. The molecule has 3 rings (SSSR count). The van der Waals surface area contributed by atoms with E-state index in [1.807, 2.05) is 0 Å². The second-order valence-corrected chi connectivity index (χ2v) is 5.32. The van der Waals surface area contributed by atoms with Gasteiger partial charge in [0.15, 0.2) is 11.5 Å². The van der Waals surface area contributed by atoms with Crippen LogP contribution in [-0.2, 0) is 0 Å². The maximum absolute atomic E-state index is 12.3. The smallest absolute Gasteiger partial charge is 0.255 e. The monoisotopic (exact) mass is 298 g/mol. The highest BCUT2D eigenvalue weighted by atomic mass is 16.5. The number of hydrogen-bond donors (Lipinski definition) is 1. The van der Waals surface area contributed by atoms with Gasteiger partial charge in [-0.2, -0.15) is 0 Å². The molecule has 5 heteroatoms. The highest BCUT2D eigenvalue weighted by Gasteiger charge is 2.23. The van der Waals surface area contributed by atoms with Gasteiger partial charge in [-0.3, -0.25) is 9.78 Å². The van der Waals surface area contributed by atoms with E-state index in [0.717, 1.165) is 0 Å². The molecule has 1 aromatic carbocycles. The number of rotatable bonds is 6. The maximum atomic E-state index is 12.3. The Balaban J connectivity index is 1.74. The Kier molecular flexibility index (Phi) is 4.23. The number of carbonyl (C=O) groups excluding carboxylic acids is 1. The first kappa shape index (κ1) is 14.4. The normalized spacial score (nSPS) is 13.5. The number of hydrogen-bond acceptors (Lipinski definition) is 4. The van der Waals surface area contributed by atoms with Crippen LogP contribution in [-0.4, -0.2) is 24.6 Å². The van der Waals surface area contributed by atoms with Crippen molar-refractivity contribution >= 4 is 11.6 Å². The first-order valence-electron chi connectivity index (χ1n) is 7.28. The molecule has 1 saturated carbocycles. The fraction of sp³-hybridized carbons (Fsp3) is 0.294. The molecule has 0 spiro atoms. The van der Waals surface area contributed by atoms with Crippen LogP contribution in [0.5, 0.6) is 11.5 Å². The van der Waals surface area contributed by atoms with Gasteiger partial charge in [0.25, 0.3) is 5.91 Å². The maximum Gasteiger partial charge on any atom is 0.255 e. The summed E-state index contributed by atoms with van der Waals surface area (Å²) in [7, 11) is 1.59. The second kappa shape index (κ2) is 6.47. The molecule has 0 radical (unpaired) electrons. The van der Waals surface area contributed by atoms with Gasteiger partial charge in [-0.1, -0.05) is 0 Å². The van der Waals surface area contributed by atoms with E-state index < -0.39 is 0 Å². The van der Waals surface area contributed by atoms with E-state index in [4.69, 9.17) is 9.47 Å². The van der Waals surface area contributed by atoms with E-state index in [1.165, 1.54) is 12.8 Å². The first-order valence-corrected chi connectivity index (χ1v) is 7.28. The molecule has 22 heavy (non-hydrogen) atoms. The molecule has 1 aliphatic carbocycles. The van der Waals surface area contributed by atoms with Gasteiger partial charge in [-0.05, 0) is 49.1 Å². The minimum absolute atomic E-state index is 0.202. The molecule has 1 fully saturated rings. The number of anilines is 1. The Labute approximate surface area is 129 Å². The van der Waals surface area contributed by atoms with Crippen LogP contribution in [0.1, 0.15) is 23.2 Å². The van der Waals surface area contributed by atoms with Crippen LogP contribution in [0.15, 0.2) is 42.7 Å². The molecule has 0 atom stereocenters. The van der Waals surface area contributed by atoms with Crippen molar-refractivity contribution in [2.75, 3.05) is 19.0 Å². The zero-order valence-electron chi connectivity index (χ0n) is 12.4. The third kappa shape index (κ3) is 3.55. The Morgan fingerprint density at radius 3 is 2.86 bits per heavy atom. The summed E-state index contributed by atoms with van der Waals surface area (Å²) in [6.45, 7) is 0.671. The summed E-state index contributed by atoms with van der Waals surface area (Å²) in [4.78, 5) is 16.3. The van der Waals surface area contributed by atoms with Gasteiger partial charge < -0.3 is 14.8 Å². The summed E-state index contributed by atoms with van der Waals surface area (Å²) < 4.78 is 11.1. The summed E-state index contributed by atoms with van der Waals surface area (Å²) in [6.07, 6.45) is 5.69. The molecule has 2 aromatic rings. The molecule has 1 aliphatic rings. The van der Waals surface area contributed by atoms with Crippen molar-refractivity contribution in [1.82, 2.24) is 4.98 Å². The molecule has 1 aromatic heterocycles. The van der Waals surface area contributed by atoms with Gasteiger partial charge in [0, 0.05) is 11.8 Å². The van der Waals surface area contributed by atoms with Crippen molar-refractivity contribution in [3.63, 3.8) is 0 Å². The SMILES string of the molecule is COc1ccc(C(=O)Nc2cccnc2)cc1OCC1CC1. The van der Waals surface area contributed by atoms with Crippen molar-refractivity contribution in [3.8, 4) is 11.5 Å². The van der Waals surface area contributed by atoms with Gasteiger partial charge in [-0.25, -0.2) is 0 Å². The van der Waals surface area contributed by atoms with Crippen molar-refractivity contribution in [1.29, 1.82) is 0 Å². The third-order valence-electron chi connectivity index (χ3n) is 3.52. The molecule has 0 aliphatic heterocycles. The lowest BCUT2D eigenvalue weighted by Crippen LogP contribution is -2.12. The van der Waals surface area contributed by atoms with Gasteiger partial charge in [0.05, 0.1) is 25.6 Å². The number of nitrogens with one attached hydrogen (secondary N) is 1. The first-order chi connectivity index (χ1) is 10.8. The van der Waals surface area contributed by atoms with Crippen LogP contribution in [0.4, 0.5) is 5.69 Å². The highest BCUT2D eigenvalue weighted by Crippen LogP contribution is 2.33. The van der Waals surface area contributed by atoms with E-state index in [9.17, 15) is 4.79 Å². The number of carbonyl (C=O) groups is 1. The number of amides is 1. The third-order valence-corrected chi connectivity index (χ3v) is 3.52. The molecule has 1 amide bonds. The fourth-order valence-electron chi connectivity index (χ4n) is 2.06. The zero-order chi connectivity index (χ0) is 15.4. The topological polar surface area (TPSA) is 60.5 Å². The molecule has 5 nitrogen and oxygen atoms in total. The van der Waals surface area contributed by atoms with Crippen LogP contribution in [0.3, 0.4) is 0 Å². The average Bonchev–Trinajstić information content (AvgIpc) is 3.38. The summed E-state index contributed by atoms with van der Waals surface area (Å²) >= 11 is 0. The van der Waals surface area contributed by atoms with Crippen LogP contribution >= 0.6 is 0 Å². The van der Waals surface area contributed by atoms with Crippen LogP contribution < -0.4 is 14.8 Å². The molecule has 0 bridgehead atoms. The average molecular weight is 298 g/mol. The van der Waals surface area contributed by atoms with Crippen LogP contribution in [0.25, 0.3) is 0 Å². The molecule has 0 unspecified atom stereocenters. The Bertz CT molecular complexity index is 654. The van der Waals surface area contributed by atoms with Gasteiger partial charge in [0.1, 0.15) is 0 Å². The number of nitrogens with zero attached hydrogens (tertiary/aromatic N) is 1. The van der Waals surface area contributed by atoms with E-state index in [-0.39, 0.29) is 5.91 Å². The van der Waals surface area contributed by atoms with Gasteiger partial charge >= 0.3 is 0 Å². The number of benzene rings is 1. The summed E-state index contributed by atoms with van der Waals surface area (Å²) in [6, 6.07) is 8.74. The van der Waals surface area contributed by atoms with Gasteiger partial charge in [-0.15, -0.1) is 0 Å². The van der Waals surface area contributed by atoms with E-state index in [1.54, 1.807) is 49.8 Å². The van der Waals surface area contributed by atoms with E-state index in [0.29, 0.717) is 35.3 Å². The van der Waals surface area contributed by atoms with Crippen molar-refractivity contribution in [3.05, 3.63) is 48.3 Å². The fourth-order valence-corrected chi connectivity index (χ4v) is 2.06.